The van der Waals surface area contributed by atoms with E-state index in [9.17, 15) is 9.59 Å². The highest BCUT2D eigenvalue weighted by Crippen LogP contribution is 2.22. The summed E-state index contributed by atoms with van der Waals surface area (Å²) in [6.45, 7) is 6.50. The Bertz CT molecular complexity index is 1070. The van der Waals surface area contributed by atoms with E-state index in [1.54, 1.807) is 17.0 Å². The SMILES string of the molecule is Cc1nc2cc(C(=O)OCC(=O)N3C[C@@H](C)O[C@H](C)C3)ccc2n1-c1ccccc1. The van der Waals surface area contributed by atoms with E-state index in [-0.39, 0.29) is 24.7 Å². The molecule has 0 aliphatic carbocycles. The summed E-state index contributed by atoms with van der Waals surface area (Å²) in [7, 11) is 0. The van der Waals surface area contributed by atoms with Crippen molar-refractivity contribution >= 4 is 22.9 Å². The normalized spacial score (nSPS) is 19.1. The van der Waals surface area contributed by atoms with E-state index in [1.165, 1.54) is 0 Å². The molecule has 0 spiro atoms. The molecule has 1 fully saturated rings. The molecule has 1 aliphatic heterocycles. The number of fused-ring (bicyclic) bond motifs is 1. The van der Waals surface area contributed by atoms with E-state index in [0.717, 1.165) is 17.0 Å². The molecule has 1 amide bonds. The summed E-state index contributed by atoms with van der Waals surface area (Å²) in [5.41, 5.74) is 2.99. The van der Waals surface area contributed by atoms with Crippen molar-refractivity contribution in [2.75, 3.05) is 19.7 Å². The number of carbonyl (C=O) groups is 2. The average Bonchev–Trinajstić information content (AvgIpc) is 3.06. The molecule has 2 heterocycles. The third kappa shape index (κ3) is 4.07. The molecule has 1 aromatic heterocycles. The minimum atomic E-state index is -0.536. The monoisotopic (exact) mass is 407 g/mol. The van der Waals surface area contributed by atoms with Crippen LogP contribution < -0.4 is 0 Å². The summed E-state index contributed by atoms with van der Waals surface area (Å²) in [5, 5.41) is 0. The Morgan fingerprint density at radius 1 is 1.10 bits per heavy atom. The van der Waals surface area contributed by atoms with Gasteiger partial charge < -0.3 is 14.4 Å². The van der Waals surface area contributed by atoms with Crippen LogP contribution in [0.4, 0.5) is 0 Å². The van der Waals surface area contributed by atoms with Crippen molar-refractivity contribution in [1.82, 2.24) is 14.5 Å². The van der Waals surface area contributed by atoms with Crippen LogP contribution in [0.5, 0.6) is 0 Å². The molecular weight excluding hydrogens is 382 g/mol. The van der Waals surface area contributed by atoms with Crippen LogP contribution in [0.1, 0.15) is 30.0 Å². The molecule has 0 unspecified atom stereocenters. The van der Waals surface area contributed by atoms with Crippen LogP contribution in [0.15, 0.2) is 48.5 Å². The molecule has 2 aromatic carbocycles. The van der Waals surface area contributed by atoms with Gasteiger partial charge in [-0.05, 0) is 51.1 Å². The van der Waals surface area contributed by atoms with Gasteiger partial charge in [-0.25, -0.2) is 9.78 Å². The largest absolute Gasteiger partial charge is 0.452 e. The zero-order valence-electron chi connectivity index (χ0n) is 17.4. The Morgan fingerprint density at radius 2 is 1.80 bits per heavy atom. The molecule has 1 aliphatic rings. The van der Waals surface area contributed by atoms with E-state index in [1.807, 2.05) is 61.7 Å². The third-order valence-corrected chi connectivity index (χ3v) is 5.17. The Morgan fingerprint density at radius 3 is 2.50 bits per heavy atom. The second-order valence-corrected chi connectivity index (χ2v) is 7.67. The highest BCUT2D eigenvalue weighted by molar-refractivity contribution is 5.95. The Kier molecular flexibility index (Phi) is 5.55. The first-order valence-corrected chi connectivity index (χ1v) is 10.1. The third-order valence-electron chi connectivity index (χ3n) is 5.17. The number of nitrogens with zero attached hydrogens (tertiary/aromatic N) is 3. The van der Waals surface area contributed by atoms with Crippen molar-refractivity contribution < 1.29 is 19.1 Å². The number of amides is 1. The predicted molar refractivity (Wildman–Crippen MR) is 113 cm³/mol. The standard InChI is InChI=1S/C23H25N3O4/c1-15-12-25(13-16(2)30-15)22(27)14-29-23(28)18-9-10-21-20(11-18)24-17(3)26(21)19-7-5-4-6-8-19/h4-11,15-16H,12-14H2,1-3H3/t15-,16-/m1/s1. The molecule has 0 N–H and O–H groups in total. The molecule has 0 saturated carbocycles. The number of ether oxygens (including phenoxy) is 2. The van der Waals surface area contributed by atoms with Crippen LogP contribution in [0.3, 0.4) is 0 Å². The lowest BCUT2D eigenvalue weighted by atomic mass is 10.2. The van der Waals surface area contributed by atoms with Crippen molar-refractivity contribution in [3.05, 3.63) is 59.9 Å². The number of aryl methyl sites for hydroxylation is 1. The summed E-state index contributed by atoms with van der Waals surface area (Å²) >= 11 is 0. The summed E-state index contributed by atoms with van der Waals surface area (Å²) in [4.78, 5) is 31.2. The van der Waals surface area contributed by atoms with Crippen molar-refractivity contribution in [2.45, 2.75) is 33.0 Å². The number of morpholine rings is 1. The summed E-state index contributed by atoms with van der Waals surface area (Å²) in [6, 6.07) is 15.2. The molecule has 0 radical (unpaired) electrons. The van der Waals surface area contributed by atoms with Gasteiger partial charge >= 0.3 is 5.97 Å². The fraction of sp³-hybridized carbons (Fsp3) is 0.348. The lowest BCUT2D eigenvalue weighted by molar-refractivity contribution is -0.146. The molecule has 30 heavy (non-hydrogen) atoms. The average molecular weight is 407 g/mol. The minimum Gasteiger partial charge on any atom is -0.452 e. The van der Waals surface area contributed by atoms with Crippen molar-refractivity contribution in [2.24, 2.45) is 0 Å². The maximum Gasteiger partial charge on any atom is 0.338 e. The maximum absolute atomic E-state index is 12.5. The second kappa shape index (κ2) is 8.28. The molecule has 7 heteroatoms. The molecule has 156 valence electrons. The summed E-state index contributed by atoms with van der Waals surface area (Å²) in [5.74, 6) is 0.0783. The number of para-hydroxylation sites is 1. The number of carbonyl (C=O) groups excluding carboxylic acids is 2. The topological polar surface area (TPSA) is 73.7 Å². The van der Waals surface area contributed by atoms with Gasteiger partial charge in [-0.2, -0.15) is 0 Å². The van der Waals surface area contributed by atoms with Crippen LogP contribution in [-0.4, -0.2) is 58.2 Å². The van der Waals surface area contributed by atoms with Gasteiger partial charge in [0, 0.05) is 18.8 Å². The summed E-state index contributed by atoms with van der Waals surface area (Å²) in [6.07, 6.45) is -0.0578. The van der Waals surface area contributed by atoms with Crippen LogP contribution >= 0.6 is 0 Å². The lowest BCUT2D eigenvalue weighted by Gasteiger charge is -2.35. The molecule has 3 aromatic rings. The molecule has 0 bridgehead atoms. The number of aromatic nitrogens is 2. The van der Waals surface area contributed by atoms with Gasteiger partial charge in [0.25, 0.3) is 5.91 Å². The molecule has 2 atom stereocenters. The van der Waals surface area contributed by atoms with Crippen LogP contribution in [-0.2, 0) is 14.3 Å². The van der Waals surface area contributed by atoms with Crippen molar-refractivity contribution in [3.63, 3.8) is 0 Å². The van der Waals surface area contributed by atoms with E-state index < -0.39 is 5.97 Å². The van der Waals surface area contributed by atoms with Crippen LogP contribution in [0, 0.1) is 6.92 Å². The molecule has 4 rings (SSSR count). The number of esters is 1. The fourth-order valence-corrected chi connectivity index (χ4v) is 3.91. The first-order valence-electron chi connectivity index (χ1n) is 10.1. The first kappa shape index (κ1) is 20.1. The first-order chi connectivity index (χ1) is 14.4. The predicted octanol–water partition coefficient (Wildman–Crippen LogP) is 3.13. The minimum absolute atomic E-state index is 0.0289. The number of hydrogen-bond acceptors (Lipinski definition) is 5. The molecule has 7 nitrogen and oxygen atoms in total. The number of benzene rings is 2. The van der Waals surface area contributed by atoms with Crippen LogP contribution in [0.25, 0.3) is 16.7 Å². The second-order valence-electron chi connectivity index (χ2n) is 7.67. The van der Waals surface area contributed by atoms with Crippen molar-refractivity contribution in [3.8, 4) is 5.69 Å². The fourth-order valence-electron chi connectivity index (χ4n) is 3.91. The van der Waals surface area contributed by atoms with Gasteiger partial charge in [0.05, 0.1) is 28.8 Å². The lowest BCUT2D eigenvalue weighted by Crippen LogP contribution is -2.49. The van der Waals surface area contributed by atoms with Gasteiger partial charge in [-0.1, -0.05) is 18.2 Å². The zero-order chi connectivity index (χ0) is 21.3. The summed E-state index contributed by atoms with van der Waals surface area (Å²) < 4.78 is 13.0. The van der Waals surface area contributed by atoms with Gasteiger partial charge in [0.2, 0.25) is 0 Å². The van der Waals surface area contributed by atoms with E-state index >= 15 is 0 Å². The Hall–Kier alpha value is -3.19. The van der Waals surface area contributed by atoms with E-state index in [0.29, 0.717) is 24.2 Å². The van der Waals surface area contributed by atoms with Crippen LogP contribution in [0.2, 0.25) is 0 Å². The molecule has 1 saturated heterocycles. The van der Waals surface area contributed by atoms with Crippen molar-refractivity contribution in [1.29, 1.82) is 0 Å². The number of hydrogen-bond donors (Lipinski definition) is 0. The Labute approximate surface area is 175 Å². The zero-order valence-corrected chi connectivity index (χ0v) is 17.4. The number of rotatable bonds is 4. The van der Waals surface area contributed by atoms with Gasteiger partial charge in [0.1, 0.15) is 5.82 Å². The quantitative estimate of drug-likeness (QED) is 0.622. The maximum atomic E-state index is 12.5. The van der Waals surface area contributed by atoms with E-state index in [4.69, 9.17) is 9.47 Å². The van der Waals surface area contributed by atoms with Gasteiger partial charge in [-0.15, -0.1) is 0 Å². The van der Waals surface area contributed by atoms with Gasteiger partial charge in [0.15, 0.2) is 6.61 Å². The molecular formula is C23H25N3O4. The Balaban J connectivity index is 1.47. The smallest absolute Gasteiger partial charge is 0.338 e. The highest BCUT2D eigenvalue weighted by atomic mass is 16.5. The number of imidazole rings is 1. The van der Waals surface area contributed by atoms with Gasteiger partial charge in [-0.3, -0.25) is 9.36 Å². The van der Waals surface area contributed by atoms with E-state index in [2.05, 4.69) is 4.98 Å². The highest BCUT2D eigenvalue weighted by Gasteiger charge is 2.26.